The molecule has 0 aliphatic heterocycles. The number of hydrogen-bond acceptors (Lipinski definition) is 5. The lowest BCUT2D eigenvalue weighted by Gasteiger charge is -2.35. The van der Waals surface area contributed by atoms with Gasteiger partial charge in [0.05, 0.1) is 18.2 Å². The third-order valence-corrected chi connectivity index (χ3v) is 4.35. The van der Waals surface area contributed by atoms with Crippen LogP contribution in [-0.2, 0) is 0 Å². The largest absolute Gasteiger partial charge is 0.491 e. The van der Waals surface area contributed by atoms with Gasteiger partial charge in [-0.15, -0.1) is 0 Å². The lowest BCUT2D eigenvalue weighted by atomic mass is 9.94. The van der Waals surface area contributed by atoms with Crippen molar-refractivity contribution >= 4 is 0 Å². The molecule has 0 saturated heterocycles. The maximum Gasteiger partial charge on any atom is 0.119 e. The Labute approximate surface area is 138 Å². The molecule has 23 heavy (non-hydrogen) atoms. The highest BCUT2D eigenvalue weighted by molar-refractivity contribution is 5.34. The molecule has 0 radical (unpaired) electrons. The molecule has 2 N–H and O–H groups in total. The Morgan fingerprint density at radius 3 is 2.52 bits per heavy atom. The summed E-state index contributed by atoms with van der Waals surface area (Å²) in [6.07, 6.45) is 5.42. The fourth-order valence-corrected chi connectivity index (χ4v) is 3.14. The predicted molar refractivity (Wildman–Crippen MR) is 88.2 cm³/mol. The lowest BCUT2D eigenvalue weighted by molar-refractivity contribution is 0.0358. The van der Waals surface area contributed by atoms with Crippen LogP contribution in [0.4, 0.5) is 0 Å². The van der Waals surface area contributed by atoms with Gasteiger partial charge in [0.25, 0.3) is 0 Å². The maximum absolute atomic E-state index is 10.2. The summed E-state index contributed by atoms with van der Waals surface area (Å²) < 4.78 is 5.59. The van der Waals surface area contributed by atoms with Gasteiger partial charge in [0.1, 0.15) is 18.5 Å². The maximum atomic E-state index is 10.2. The van der Waals surface area contributed by atoms with Crippen molar-refractivity contribution in [2.75, 3.05) is 26.3 Å². The molecule has 1 aromatic rings. The first-order valence-corrected chi connectivity index (χ1v) is 8.39. The van der Waals surface area contributed by atoms with Gasteiger partial charge < -0.3 is 14.9 Å². The average Bonchev–Trinajstić information content (AvgIpc) is 2.61. The molecule has 1 atom stereocenters. The van der Waals surface area contributed by atoms with Gasteiger partial charge in [-0.2, -0.15) is 5.26 Å². The van der Waals surface area contributed by atoms with Gasteiger partial charge in [0.15, 0.2) is 0 Å². The number of nitriles is 1. The van der Waals surface area contributed by atoms with Crippen LogP contribution < -0.4 is 4.74 Å². The fraction of sp³-hybridized carbons (Fsp3) is 0.611. The molecule has 1 unspecified atom stereocenters. The third-order valence-electron chi connectivity index (χ3n) is 4.35. The Morgan fingerprint density at radius 2 is 1.91 bits per heavy atom. The molecule has 0 aromatic heterocycles. The van der Waals surface area contributed by atoms with E-state index in [1.54, 1.807) is 24.3 Å². The zero-order chi connectivity index (χ0) is 16.5. The predicted octanol–water partition coefficient (Wildman–Crippen LogP) is 1.92. The molecular formula is C18H26N2O3. The summed E-state index contributed by atoms with van der Waals surface area (Å²) in [5.74, 6) is 0.648. The smallest absolute Gasteiger partial charge is 0.119 e. The summed E-state index contributed by atoms with van der Waals surface area (Å²) >= 11 is 0. The molecule has 1 aliphatic carbocycles. The highest BCUT2D eigenvalue weighted by Crippen LogP contribution is 2.22. The van der Waals surface area contributed by atoms with Crippen molar-refractivity contribution in [3.63, 3.8) is 0 Å². The van der Waals surface area contributed by atoms with E-state index in [9.17, 15) is 10.2 Å². The van der Waals surface area contributed by atoms with Crippen LogP contribution in [-0.4, -0.2) is 53.6 Å². The molecule has 2 rings (SSSR count). The lowest BCUT2D eigenvalue weighted by Crippen LogP contribution is -2.44. The Morgan fingerprint density at radius 1 is 1.22 bits per heavy atom. The molecule has 1 saturated carbocycles. The average molecular weight is 318 g/mol. The molecule has 5 nitrogen and oxygen atoms in total. The summed E-state index contributed by atoms with van der Waals surface area (Å²) in [4.78, 5) is 2.19. The SMILES string of the molecule is N#Cc1ccc(OCC(O)CN(CCO)C2CCCCC2)cc1. The van der Waals surface area contributed by atoms with Gasteiger partial charge in [0, 0.05) is 19.1 Å². The molecule has 0 bridgehead atoms. The van der Waals surface area contributed by atoms with Gasteiger partial charge in [-0.25, -0.2) is 0 Å². The van der Waals surface area contributed by atoms with Crippen molar-refractivity contribution in [3.05, 3.63) is 29.8 Å². The topological polar surface area (TPSA) is 76.7 Å². The third kappa shape index (κ3) is 5.83. The van der Waals surface area contributed by atoms with Crippen LogP contribution in [0.1, 0.15) is 37.7 Å². The summed E-state index contributed by atoms with van der Waals surface area (Å²) in [5.41, 5.74) is 0.587. The van der Waals surface area contributed by atoms with Crippen molar-refractivity contribution < 1.29 is 14.9 Å². The monoisotopic (exact) mass is 318 g/mol. The molecule has 5 heteroatoms. The van der Waals surface area contributed by atoms with Gasteiger partial charge in [-0.05, 0) is 37.1 Å². The molecule has 126 valence electrons. The minimum Gasteiger partial charge on any atom is -0.491 e. The molecule has 1 aliphatic rings. The van der Waals surface area contributed by atoms with E-state index in [0.29, 0.717) is 30.4 Å². The number of nitrogens with zero attached hydrogens (tertiary/aromatic N) is 2. The Balaban J connectivity index is 1.80. The second-order valence-corrected chi connectivity index (χ2v) is 6.11. The first kappa shape index (κ1) is 17.7. The van der Waals surface area contributed by atoms with Crippen LogP contribution in [0, 0.1) is 11.3 Å². The quantitative estimate of drug-likeness (QED) is 0.766. The van der Waals surface area contributed by atoms with Crippen molar-refractivity contribution in [2.45, 2.75) is 44.2 Å². The van der Waals surface area contributed by atoms with Gasteiger partial charge in [0.2, 0.25) is 0 Å². The van der Waals surface area contributed by atoms with Crippen LogP contribution >= 0.6 is 0 Å². The van der Waals surface area contributed by atoms with Crippen LogP contribution in [0.25, 0.3) is 0 Å². The van der Waals surface area contributed by atoms with Gasteiger partial charge in [-0.3, -0.25) is 4.90 Å². The first-order valence-electron chi connectivity index (χ1n) is 8.39. The van der Waals surface area contributed by atoms with Gasteiger partial charge >= 0.3 is 0 Å². The molecule has 0 heterocycles. The fourth-order valence-electron chi connectivity index (χ4n) is 3.14. The highest BCUT2D eigenvalue weighted by Gasteiger charge is 2.23. The normalized spacial score (nSPS) is 17.0. The number of hydrogen-bond donors (Lipinski definition) is 2. The number of benzene rings is 1. The van der Waals surface area contributed by atoms with Crippen LogP contribution in [0.2, 0.25) is 0 Å². The Bertz CT molecular complexity index is 492. The highest BCUT2D eigenvalue weighted by atomic mass is 16.5. The second kappa shape index (κ2) is 9.51. The van der Waals surface area contributed by atoms with E-state index in [1.807, 2.05) is 0 Å². The van der Waals surface area contributed by atoms with E-state index < -0.39 is 6.10 Å². The standard InChI is InChI=1S/C18H26N2O3/c19-12-15-6-8-18(9-7-15)23-14-17(22)13-20(10-11-21)16-4-2-1-3-5-16/h6-9,16-17,21-22H,1-5,10-11,13-14H2. The first-order chi connectivity index (χ1) is 11.2. The van der Waals surface area contributed by atoms with E-state index in [1.165, 1.54) is 19.3 Å². The summed E-state index contributed by atoms with van der Waals surface area (Å²) in [6, 6.07) is 9.38. The second-order valence-electron chi connectivity index (χ2n) is 6.11. The summed E-state index contributed by atoms with van der Waals surface area (Å²) in [6.45, 7) is 1.43. The van der Waals surface area contributed by atoms with Gasteiger partial charge in [-0.1, -0.05) is 19.3 Å². The van der Waals surface area contributed by atoms with Crippen molar-refractivity contribution in [3.8, 4) is 11.8 Å². The minimum atomic E-state index is -0.598. The number of aliphatic hydroxyl groups excluding tert-OH is 2. The number of ether oxygens (including phenoxy) is 1. The van der Waals surface area contributed by atoms with E-state index in [2.05, 4.69) is 11.0 Å². The minimum absolute atomic E-state index is 0.111. The molecule has 0 amide bonds. The Hall–Kier alpha value is -1.61. The van der Waals surface area contributed by atoms with Crippen LogP contribution in [0.15, 0.2) is 24.3 Å². The van der Waals surface area contributed by atoms with Crippen molar-refractivity contribution in [1.29, 1.82) is 5.26 Å². The zero-order valence-electron chi connectivity index (χ0n) is 13.5. The molecular weight excluding hydrogens is 292 g/mol. The number of rotatable bonds is 8. The molecule has 1 aromatic carbocycles. The van der Waals surface area contributed by atoms with E-state index in [4.69, 9.17) is 10.00 Å². The van der Waals surface area contributed by atoms with Crippen molar-refractivity contribution in [2.24, 2.45) is 0 Å². The van der Waals surface area contributed by atoms with Crippen molar-refractivity contribution in [1.82, 2.24) is 4.90 Å². The Kier molecular flexibility index (Phi) is 7.34. The molecule has 0 spiro atoms. The summed E-state index contributed by atoms with van der Waals surface area (Å²) in [5, 5.41) is 28.3. The van der Waals surface area contributed by atoms with Crippen LogP contribution in [0.3, 0.4) is 0 Å². The van der Waals surface area contributed by atoms with E-state index >= 15 is 0 Å². The zero-order valence-corrected chi connectivity index (χ0v) is 13.5. The van der Waals surface area contributed by atoms with E-state index in [0.717, 1.165) is 12.8 Å². The molecule has 1 fully saturated rings. The summed E-state index contributed by atoms with van der Waals surface area (Å²) in [7, 11) is 0. The number of aliphatic hydroxyl groups is 2. The van der Waals surface area contributed by atoms with Crippen LogP contribution in [0.5, 0.6) is 5.75 Å². The van der Waals surface area contributed by atoms with E-state index in [-0.39, 0.29) is 13.2 Å².